The molecule has 17 heavy (non-hydrogen) atoms. The van der Waals surface area contributed by atoms with E-state index in [0.717, 1.165) is 18.4 Å². The quantitative estimate of drug-likeness (QED) is 0.268. The second kappa shape index (κ2) is 10.1. The number of hydrogen-bond acceptors (Lipinski definition) is 5. The Bertz CT molecular complexity index is 292. The third kappa shape index (κ3) is 48.7. The van der Waals surface area contributed by atoms with Gasteiger partial charge in [0.2, 0.25) is 0 Å². The topological polar surface area (TPSA) is 134 Å². The molecular weight excluding hydrogens is 286 g/mol. The van der Waals surface area contributed by atoms with Gasteiger partial charge in [0.25, 0.3) is 0 Å². The molecule has 1 atom stereocenters. The first-order valence-corrected chi connectivity index (χ1v) is 9.67. The molecule has 0 radical (unpaired) electrons. The Morgan fingerprint density at radius 1 is 1.35 bits per heavy atom. The van der Waals surface area contributed by atoms with E-state index in [9.17, 15) is 9.13 Å². The van der Waals surface area contributed by atoms with Gasteiger partial charge < -0.3 is 20.0 Å². The van der Waals surface area contributed by atoms with Crippen molar-refractivity contribution in [1.29, 1.82) is 5.41 Å². The summed E-state index contributed by atoms with van der Waals surface area (Å²) in [6, 6.07) is 0. The van der Waals surface area contributed by atoms with E-state index in [1.807, 2.05) is 0 Å². The summed E-state index contributed by atoms with van der Waals surface area (Å²) in [4.78, 5) is 16.7. The van der Waals surface area contributed by atoms with Crippen LogP contribution >= 0.6 is 26.7 Å². The Balaban J connectivity index is -0.000000280. The van der Waals surface area contributed by atoms with Crippen molar-refractivity contribution in [3.8, 4) is 0 Å². The first-order valence-electron chi connectivity index (χ1n) is 4.11. The summed E-state index contributed by atoms with van der Waals surface area (Å²) >= 11 is 1.08. The molecule has 0 aliphatic heterocycles. The highest BCUT2D eigenvalue weighted by Crippen LogP contribution is 2.36. The van der Waals surface area contributed by atoms with Crippen molar-refractivity contribution < 1.29 is 23.4 Å². The molecule has 10 heteroatoms. The zero-order chi connectivity index (χ0) is 13.4. The first kappa shape index (κ1) is 22.3. The van der Waals surface area contributed by atoms with Gasteiger partial charge in [0.15, 0.2) is 12.5 Å². The molecule has 0 fully saturated rings. The number of nitrogens with two attached hydrogens (primary N) is 1. The monoisotopic (exact) mass is 308 g/mol. The lowest BCUT2D eigenvalue weighted by atomic mass is 10.9. The smallest absolute Gasteiger partial charge is 0.325 e. The van der Waals surface area contributed by atoms with Crippen LogP contribution in [-0.4, -0.2) is 47.3 Å². The number of amidine groups is 1. The van der Waals surface area contributed by atoms with Gasteiger partial charge in [-0.1, -0.05) is 19.2 Å². The van der Waals surface area contributed by atoms with Crippen LogP contribution in [-0.2, 0) is 13.7 Å². The fourth-order valence-corrected chi connectivity index (χ4v) is 1.30. The standard InChI is InChI=1S/C4H11N2O3PS.C2H7O2P.CH4/c1-10(7,8)9-2-3-11-4(5)6;1-5(2,3)4;/h2-3H2,1H3,(H3,5,6)(H,7,8);1-2H3,(H,3,4);1H4. The average Bonchev–Trinajstić information content (AvgIpc) is 1.92. The third-order valence-electron chi connectivity index (χ3n) is 0.672. The van der Waals surface area contributed by atoms with Gasteiger partial charge in [-0.25, -0.2) is 0 Å². The normalized spacial score (nSPS) is 13.7. The summed E-state index contributed by atoms with van der Waals surface area (Å²) in [5.74, 6) is 0.424. The predicted octanol–water partition coefficient (Wildman–Crippen LogP) is 1.60. The van der Waals surface area contributed by atoms with Crippen molar-refractivity contribution in [1.82, 2.24) is 0 Å². The van der Waals surface area contributed by atoms with Gasteiger partial charge in [0.05, 0.1) is 6.61 Å². The van der Waals surface area contributed by atoms with Gasteiger partial charge in [-0.05, 0) is 0 Å². The number of hydrogen-bond donors (Lipinski definition) is 4. The van der Waals surface area contributed by atoms with Crippen LogP contribution in [0.1, 0.15) is 7.43 Å². The molecule has 0 saturated heterocycles. The third-order valence-corrected chi connectivity index (χ3v) is 2.02. The van der Waals surface area contributed by atoms with Crippen LogP contribution in [0, 0.1) is 5.41 Å². The molecule has 0 aliphatic carbocycles. The minimum atomic E-state index is -3.35. The highest BCUT2D eigenvalue weighted by molar-refractivity contribution is 8.13. The van der Waals surface area contributed by atoms with Gasteiger partial charge in [-0.3, -0.25) is 14.5 Å². The molecule has 0 bridgehead atoms. The van der Waals surface area contributed by atoms with Crippen LogP contribution in [0.3, 0.4) is 0 Å². The molecule has 0 saturated carbocycles. The number of nitrogens with one attached hydrogen (secondary N) is 1. The van der Waals surface area contributed by atoms with Crippen molar-refractivity contribution in [2.45, 2.75) is 7.43 Å². The largest absolute Gasteiger partial charge is 0.379 e. The van der Waals surface area contributed by atoms with E-state index >= 15 is 0 Å². The fraction of sp³-hybridized carbons (Fsp3) is 0.857. The van der Waals surface area contributed by atoms with Gasteiger partial charge in [-0.15, -0.1) is 0 Å². The summed E-state index contributed by atoms with van der Waals surface area (Å²) in [5, 5.41) is 6.77. The fourth-order valence-electron chi connectivity index (χ4n) is 0.358. The van der Waals surface area contributed by atoms with E-state index in [-0.39, 0.29) is 19.2 Å². The number of rotatable bonds is 4. The molecule has 0 aromatic heterocycles. The average molecular weight is 308 g/mol. The van der Waals surface area contributed by atoms with Crippen molar-refractivity contribution in [3.05, 3.63) is 0 Å². The summed E-state index contributed by atoms with van der Waals surface area (Å²) in [5.41, 5.74) is 5.00. The lowest BCUT2D eigenvalue weighted by molar-refractivity contribution is 0.282. The van der Waals surface area contributed by atoms with Gasteiger partial charge in [-0.2, -0.15) is 0 Å². The summed E-state index contributed by atoms with van der Waals surface area (Å²) < 4.78 is 24.8. The van der Waals surface area contributed by atoms with Crippen molar-refractivity contribution >= 4 is 31.9 Å². The first-order chi connectivity index (χ1) is 6.92. The minimum Gasteiger partial charge on any atom is -0.379 e. The zero-order valence-electron chi connectivity index (χ0n) is 9.41. The molecule has 1 unspecified atom stereocenters. The van der Waals surface area contributed by atoms with E-state index < -0.39 is 15.0 Å². The Hall–Kier alpha value is 0.160. The van der Waals surface area contributed by atoms with Crippen LogP contribution in [0.25, 0.3) is 0 Å². The Kier molecular flexibility index (Phi) is 13.3. The van der Waals surface area contributed by atoms with E-state index in [4.69, 9.17) is 20.9 Å². The molecule has 0 rings (SSSR count). The van der Waals surface area contributed by atoms with Crippen molar-refractivity contribution in [2.75, 3.05) is 32.4 Å². The zero-order valence-corrected chi connectivity index (χ0v) is 12.0. The number of thioether (sulfide) groups is 1. The molecular formula is C7H22N2O5P2S. The Morgan fingerprint density at radius 2 is 1.71 bits per heavy atom. The van der Waals surface area contributed by atoms with Crippen LogP contribution in [0.4, 0.5) is 0 Å². The SMILES string of the molecule is C.CP(=O)(O)OCCSC(=N)N.CP(C)(=O)O. The Labute approximate surface area is 107 Å². The van der Waals surface area contributed by atoms with Gasteiger partial charge in [0, 0.05) is 25.7 Å². The van der Waals surface area contributed by atoms with Gasteiger partial charge >= 0.3 is 7.60 Å². The molecule has 5 N–H and O–H groups in total. The van der Waals surface area contributed by atoms with E-state index in [1.54, 1.807) is 0 Å². The van der Waals surface area contributed by atoms with Crippen LogP contribution in [0.5, 0.6) is 0 Å². The summed E-state index contributed by atoms with van der Waals surface area (Å²) in [7, 11) is -5.99. The molecule has 0 heterocycles. The molecule has 0 aromatic rings. The molecule has 106 valence electrons. The van der Waals surface area contributed by atoms with Crippen LogP contribution in [0.2, 0.25) is 0 Å². The van der Waals surface area contributed by atoms with E-state index in [0.29, 0.717) is 5.75 Å². The minimum absolute atomic E-state index is 0. The van der Waals surface area contributed by atoms with Gasteiger partial charge in [0.1, 0.15) is 0 Å². The summed E-state index contributed by atoms with van der Waals surface area (Å²) in [6.07, 6.45) is 0. The molecule has 0 aliphatic rings. The maximum absolute atomic E-state index is 10.5. The molecule has 0 spiro atoms. The van der Waals surface area contributed by atoms with Crippen molar-refractivity contribution in [3.63, 3.8) is 0 Å². The molecule has 0 aromatic carbocycles. The molecule has 7 nitrogen and oxygen atoms in total. The summed E-state index contributed by atoms with van der Waals surface area (Å²) in [6.45, 7) is 3.85. The maximum atomic E-state index is 10.5. The van der Waals surface area contributed by atoms with Crippen LogP contribution < -0.4 is 5.73 Å². The van der Waals surface area contributed by atoms with Crippen LogP contribution in [0.15, 0.2) is 0 Å². The Morgan fingerprint density at radius 3 is 1.94 bits per heavy atom. The second-order valence-corrected chi connectivity index (χ2v) is 8.73. The lowest BCUT2D eigenvalue weighted by Crippen LogP contribution is -2.06. The molecule has 0 amide bonds. The van der Waals surface area contributed by atoms with E-state index in [2.05, 4.69) is 4.52 Å². The highest BCUT2D eigenvalue weighted by atomic mass is 32.2. The highest BCUT2D eigenvalue weighted by Gasteiger charge is 2.08. The second-order valence-electron chi connectivity index (χ2n) is 3.14. The lowest BCUT2D eigenvalue weighted by Gasteiger charge is -2.04. The van der Waals surface area contributed by atoms with Crippen molar-refractivity contribution in [2.24, 2.45) is 5.73 Å². The maximum Gasteiger partial charge on any atom is 0.325 e. The van der Waals surface area contributed by atoms with E-state index in [1.165, 1.54) is 13.3 Å². The predicted molar refractivity (Wildman–Crippen MR) is 74.5 cm³/mol.